The van der Waals surface area contributed by atoms with Crippen LogP contribution in [0.2, 0.25) is 0 Å². The number of hydrogen-bond donors (Lipinski definition) is 2. The molecule has 27 heavy (non-hydrogen) atoms. The highest BCUT2D eigenvalue weighted by atomic mass is 16.5. The molecule has 2 aromatic heterocycles. The second kappa shape index (κ2) is 7.17. The number of oxazole rings is 1. The number of ether oxygens (including phenoxy) is 1. The predicted octanol–water partition coefficient (Wildman–Crippen LogP) is 3.84. The number of nitrogens with zero attached hydrogens (tertiary/aromatic N) is 2. The van der Waals surface area contributed by atoms with Crippen LogP contribution in [0, 0.1) is 0 Å². The lowest BCUT2D eigenvalue weighted by atomic mass is 10.1. The molecule has 7 heteroatoms. The molecule has 0 aliphatic carbocycles. The molecule has 0 saturated carbocycles. The molecule has 4 rings (SSSR count). The lowest BCUT2D eigenvalue weighted by Crippen LogP contribution is -2.10. The van der Waals surface area contributed by atoms with Crippen molar-refractivity contribution in [2.75, 3.05) is 12.4 Å². The molecule has 0 amide bonds. The van der Waals surface area contributed by atoms with Gasteiger partial charge in [0.1, 0.15) is 5.75 Å². The van der Waals surface area contributed by atoms with Crippen molar-refractivity contribution in [2.24, 2.45) is 0 Å². The summed E-state index contributed by atoms with van der Waals surface area (Å²) in [5.41, 5.74) is 2.71. The van der Waals surface area contributed by atoms with Crippen molar-refractivity contribution >= 4 is 11.6 Å². The fraction of sp³-hybridized carbons (Fsp3) is 0.0500. The van der Waals surface area contributed by atoms with Crippen LogP contribution in [-0.2, 0) is 0 Å². The van der Waals surface area contributed by atoms with Gasteiger partial charge in [-0.15, -0.1) is 0 Å². The molecule has 0 aliphatic rings. The molecule has 0 bridgehead atoms. The molecule has 0 atom stereocenters. The minimum atomic E-state index is -0.239. The zero-order valence-electron chi connectivity index (χ0n) is 14.5. The number of hydrogen-bond acceptors (Lipinski definition) is 6. The van der Waals surface area contributed by atoms with Crippen LogP contribution < -0.4 is 15.6 Å². The van der Waals surface area contributed by atoms with Crippen LogP contribution >= 0.6 is 0 Å². The van der Waals surface area contributed by atoms with Crippen molar-refractivity contribution in [3.8, 4) is 28.3 Å². The van der Waals surface area contributed by atoms with Crippen molar-refractivity contribution < 1.29 is 9.15 Å². The molecule has 0 saturated heterocycles. The average Bonchev–Trinajstić information content (AvgIpc) is 3.22. The van der Waals surface area contributed by atoms with E-state index in [1.165, 1.54) is 12.5 Å². The molecule has 0 unspecified atom stereocenters. The van der Waals surface area contributed by atoms with Crippen LogP contribution in [0.3, 0.4) is 0 Å². The van der Waals surface area contributed by atoms with Gasteiger partial charge in [-0.3, -0.25) is 9.78 Å². The Morgan fingerprint density at radius 3 is 2.70 bits per heavy atom. The van der Waals surface area contributed by atoms with E-state index in [0.29, 0.717) is 28.8 Å². The molecule has 7 nitrogen and oxygen atoms in total. The molecule has 0 fully saturated rings. The summed E-state index contributed by atoms with van der Waals surface area (Å²) < 4.78 is 10.8. The van der Waals surface area contributed by atoms with Gasteiger partial charge < -0.3 is 14.5 Å². The minimum absolute atomic E-state index is 0.239. The number of benzene rings is 2. The van der Waals surface area contributed by atoms with Crippen LogP contribution in [-0.4, -0.2) is 22.1 Å². The van der Waals surface area contributed by atoms with E-state index >= 15 is 0 Å². The van der Waals surface area contributed by atoms with E-state index in [2.05, 4.69) is 20.3 Å². The first kappa shape index (κ1) is 16.6. The van der Waals surface area contributed by atoms with Gasteiger partial charge in [0.05, 0.1) is 24.6 Å². The maximum Gasteiger partial charge on any atom is 0.252 e. The van der Waals surface area contributed by atoms with E-state index in [1.807, 2.05) is 42.5 Å². The van der Waals surface area contributed by atoms with E-state index in [9.17, 15) is 4.79 Å². The van der Waals surface area contributed by atoms with E-state index in [0.717, 1.165) is 11.1 Å². The smallest absolute Gasteiger partial charge is 0.252 e. The maximum absolute atomic E-state index is 12.0. The Hall–Kier alpha value is -3.87. The number of aromatic amines is 1. The fourth-order valence-corrected chi connectivity index (χ4v) is 2.73. The summed E-state index contributed by atoms with van der Waals surface area (Å²) in [5.74, 6) is 1.56. The largest absolute Gasteiger partial charge is 0.496 e. The van der Waals surface area contributed by atoms with Crippen LogP contribution in [0.1, 0.15) is 0 Å². The highest BCUT2D eigenvalue weighted by Crippen LogP contribution is 2.32. The highest BCUT2D eigenvalue weighted by molar-refractivity contribution is 5.71. The molecule has 0 spiro atoms. The van der Waals surface area contributed by atoms with Crippen molar-refractivity contribution in [3.63, 3.8) is 0 Å². The van der Waals surface area contributed by atoms with Crippen molar-refractivity contribution in [1.29, 1.82) is 0 Å². The zero-order valence-corrected chi connectivity index (χ0v) is 14.5. The van der Waals surface area contributed by atoms with E-state index in [4.69, 9.17) is 9.15 Å². The first-order valence-electron chi connectivity index (χ1n) is 8.23. The molecule has 4 aromatic rings. The predicted molar refractivity (Wildman–Crippen MR) is 102 cm³/mol. The Morgan fingerprint density at radius 1 is 1.11 bits per heavy atom. The average molecular weight is 360 g/mol. The first-order valence-corrected chi connectivity index (χ1v) is 8.23. The van der Waals surface area contributed by atoms with E-state index in [1.54, 1.807) is 19.4 Å². The maximum atomic E-state index is 12.0. The van der Waals surface area contributed by atoms with Crippen molar-refractivity contribution in [2.45, 2.75) is 0 Å². The van der Waals surface area contributed by atoms with Crippen LogP contribution in [0.5, 0.6) is 5.75 Å². The number of nitrogens with one attached hydrogen (secondary N) is 2. The molecule has 134 valence electrons. The summed E-state index contributed by atoms with van der Waals surface area (Å²) in [7, 11) is 1.58. The number of H-pyrrole nitrogens is 1. The second-order valence-corrected chi connectivity index (χ2v) is 5.75. The topological polar surface area (TPSA) is 93.0 Å². The molecular formula is C20H16N4O3. The quantitative estimate of drug-likeness (QED) is 0.562. The Kier molecular flexibility index (Phi) is 4.40. The monoisotopic (exact) mass is 360 g/mol. The molecule has 2 aromatic carbocycles. The van der Waals surface area contributed by atoms with Crippen LogP contribution in [0.15, 0.2) is 76.4 Å². The van der Waals surface area contributed by atoms with Gasteiger partial charge in [-0.1, -0.05) is 30.3 Å². The molecule has 2 N–H and O–H groups in total. The summed E-state index contributed by atoms with van der Waals surface area (Å²) in [6.07, 6.45) is 2.98. The van der Waals surface area contributed by atoms with Gasteiger partial charge in [0, 0.05) is 23.4 Å². The Morgan fingerprint density at radius 2 is 1.96 bits per heavy atom. The minimum Gasteiger partial charge on any atom is -0.496 e. The number of rotatable bonds is 5. The third kappa shape index (κ3) is 3.57. The van der Waals surface area contributed by atoms with Crippen LogP contribution in [0.25, 0.3) is 22.6 Å². The summed E-state index contributed by atoms with van der Waals surface area (Å²) in [6.45, 7) is 0. The zero-order chi connectivity index (χ0) is 18.6. The van der Waals surface area contributed by atoms with Gasteiger partial charge in [-0.2, -0.15) is 0 Å². The Balaban J connectivity index is 1.66. The van der Waals surface area contributed by atoms with E-state index in [-0.39, 0.29) is 5.56 Å². The third-order valence-electron chi connectivity index (χ3n) is 3.97. The second-order valence-electron chi connectivity index (χ2n) is 5.75. The normalized spacial score (nSPS) is 10.6. The first-order chi connectivity index (χ1) is 13.2. The van der Waals surface area contributed by atoms with Crippen molar-refractivity contribution in [3.05, 3.63) is 77.5 Å². The third-order valence-corrected chi connectivity index (χ3v) is 3.97. The molecule has 0 radical (unpaired) electrons. The summed E-state index contributed by atoms with van der Waals surface area (Å²) in [4.78, 5) is 23.1. The molecule has 0 aliphatic heterocycles. The van der Waals surface area contributed by atoms with Gasteiger partial charge in [0.25, 0.3) is 5.56 Å². The Bertz CT molecular complexity index is 1110. The van der Waals surface area contributed by atoms with Gasteiger partial charge in [-0.05, 0) is 12.1 Å². The molecule has 2 heterocycles. The number of aromatic nitrogens is 3. The van der Waals surface area contributed by atoms with Gasteiger partial charge >= 0.3 is 0 Å². The fourth-order valence-electron chi connectivity index (χ4n) is 2.73. The molecular weight excluding hydrogens is 344 g/mol. The van der Waals surface area contributed by atoms with Gasteiger partial charge in [0.2, 0.25) is 5.95 Å². The highest BCUT2D eigenvalue weighted by Gasteiger charge is 2.11. The van der Waals surface area contributed by atoms with Gasteiger partial charge in [0.15, 0.2) is 12.2 Å². The van der Waals surface area contributed by atoms with E-state index < -0.39 is 0 Å². The Labute approximate surface area is 154 Å². The number of methoxy groups -OCH3 is 1. The van der Waals surface area contributed by atoms with Crippen molar-refractivity contribution in [1.82, 2.24) is 15.0 Å². The number of anilines is 2. The summed E-state index contributed by atoms with van der Waals surface area (Å²) in [6, 6.07) is 16.5. The standard InChI is InChI=1S/C20H16N4O3/c1-26-17-9-14(7-8-15(17)18-11-21-12-27-18)22-20-23-16(10-19(25)24-20)13-5-3-2-4-6-13/h2-12H,1H3,(H2,22,23,24,25). The van der Waals surface area contributed by atoms with Crippen LogP contribution in [0.4, 0.5) is 11.6 Å². The lowest BCUT2D eigenvalue weighted by molar-refractivity contribution is 0.415. The summed E-state index contributed by atoms with van der Waals surface area (Å²) >= 11 is 0. The van der Waals surface area contributed by atoms with Gasteiger partial charge in [-0.25, -0.2) is 9.97 Å². The summed E-state index contributed by atoms with van der Waals surface area (Å²) in [5, 5.41) is 3.11. The lowest BCUT2D eigenvalue weighted by Gasteiger charge is -2.11. The SMILES string of the molecule is COc1cc(Nc2nc(-c3ccccc3)cc(=O)[nH]2)ccc1-c1cnco1.